The number of phenolic OH excluding ortho intramolecular Hbond substituents is 1. The Morgan fingerprint density at radius 2 is 2.17 bits per heavy atom. The fourth-order valence-electron chi connectivity index (χ4n) is 3.74. The van der Waals surface area contributed by atoms with Crippen LogP contribution in [-0.4, -0.2) is 54.1 Å². The minimum Gasteiger partial charge on any atom is -0.504 e. The maximum absolute atomic E-state index is 12.7. The first-order chi connectivity index (χ1) is 11.5. The van der Waals surface area contributed by atoms with Crippen LogP contribution in [0.25, 0.3) is 0 Å². The Bertz CT molecular complexity index is 716. The molecule has 3 N–H and O–H groups in total. The number of halogens is 1. The lowest BCUT2D eigenvalue weighted by molar-refractivity contribution is -0.118. The number of hydrogen-bond acceptors (Lipinski definition) is 5. The summed E-state index contributed by atoms with van der Waals surface area (Å²) in [7, 11) is 0. The minimum atomic E-state index is -0.399. The molecule has 8 heteroatoms. The Morgan fingerprint density at radius 3 is 2.83 bits per heavy atom. The van der Waals surface area contributed by atoms with Gasteiger partial charge in [-0.2, -0.15) is 0 Å². The second-order valence-corrected chi connectivity index (χ2v) is 6.92. The van der Waals surface area contributed by atoms with Crippen LogP contribution in [0.4, 0.5) is 5.69 Å². The Hall–Kier alpha value is -1.99. The molecule has 3 fully saturated rings. The highest BCUT2D eigenvalue weighted by Crippen LogP contribution is 2.44. The van der Waals surface area contributed by atoms with Crippen LogP contribution < -0.4 is 15.4 Å². The number of amides is 2. The molecule has 0 aromatic heterocycles. The van der Waals surface area contributed by atoms with E-state index in [0.717, 1.165) is 32.5 Å². The highest BCUT2D eigenvalue weighted by atomic mass is 35.5. The van der Waals surface area contributed by atoms with Crippen molar-refractivity contribution >= 4 is 29.1 Å². The van der Waals surface area contributed by atoms with E-state index in [2.05, 4.69) is 15.5 Å². The van der Waals surface area contributed by atoms with Crippen LogP contribution in [0, 0.1) is 5.92 Å². The molecule has 128 valence electrons. The topological polar surface area (TPSA) is 90.9 Å². The van der Waals surface area contributed by atoms with Gasteiger partial charge < -0.3 is 25.4 Å². The van der Waals surface area contributed by atoms with E-state index < -0.39 is 5.91 Å². The van der Waals surface area contributed by atoms with Gasteiger partial charge >= 0.3 is 0 Å². The average Bonchev–Trinajstić information content (AvgIpc) is 2.59. The average molecular weight is 352 g/mol. The van der Waals surface area contributed by atoms with Gasteiger partial charge in [0, 0.05) is 12.6 Å². The van der Waals surface area contributed by atoms with Crippen LogP contribution >= 0.6 is 11.6 Å². The molecule has 5 rings (SSSR count). The number of aromatic hydroxyl groups is 1. The zero-order valence-corrected chi connectivity index (χ0v) is 13.7. The lowest BCUT2D eigenvalue weighted by atomic mass is 9.84. The van der Waals surface area contributed by atoms with Crippen molar-refractivity contribution in [3.8, 4) is 11.5 Å². The number of ether oxygens (including phenoxy) is 1. The van der Waals surface area contributed by atoms with E-state index in [1.807, 2.05) is 0 Å². The van der Waals surface area contributed by atoms with E-state index in [0.29, 0.717) is 5.92 Å². The van der Waals surface area contributed by atoms with Crippen LogP contribution in [0.3, 0.4) is 0 Å². The maximum Gasteiger partial charge on any atom is 0.262 e. The van der Waals surface area contributed by atoms with Crippen molar-refractivity contribution in [3.05, 3.63) is 16.7 Å². The Labute approximate surface area is 143 Å². The number of piperidine rings is 3. The van der Waals surface area contributed by atoms with E-state index >= 15 is 0 Å². The number of rotatable bonds is 2. The summed E-state index contributed by atoms with van der Waals surface area (Å²) in [5.41, 5.74) is 0.280. The molecule has 4 aliphatic heterocycles. The van der Waals surface area contributed by atoms with Gasteiger partial charge in [0.25, 0.3) is 11.8 Å². The third-order valence-electron chi connectivity index (χ3n) is 5.04. The van der Waals surface area contributed by atoms with Crippen molar-refractivity contribution in [1.29, 1.82) is 0 Å². The smallest absolute Gasteiger partial charge is 0.262 e. The van der Waals surface area contributed by atoms with Gasteiger partial charge in [-0.05, 0) is 37.9 Å². The summed E-state index contributed by atoms with van der Waals surface area (Å²) in [5, 5.41) is 15.6. The summed E-state index contributed by atoms with van der Waals surface area (Å²) in [6.07, 6.45) is 2.18. The molecule has 2 bridgehead atoms. The Balaban J connectivity index is 1.62. The molecule has 2 amide bonds. The van der Waals surface area contributed by atoms with Crippen LogP contribution in [0.2, 0.25) is 5.02 Å². The first kappa shape index (κ1) is 15.5. The molecule has 7 nitrogen and oxygen atoms in total. The number of anilines is 1. The van der Waals surface area contributed by atoms with Crippen molar-refractivity contribution in [1.82, 2.24) is 10.2 Å². The highest BCUT2D eigenvalue weighted by molar-refractivity contribution is 6.33. The van der Waals surface area contributed by atoms with Gasteiger partial charge in [-0.3, -0.25) is 9.59 Å². The van der Waals surface area contributed by atoms with Gasteiger partial charge in [-0.25, -0.2) is 0 Å². The molecule has 4 aliphatic rings. The predicted octanol–water partition coefficient (Wildman–Crippen LogP) is 1.20. The summed E-state index contributed by atoms with van der Waals surface area (Å²) in [6.45, 7) is 2.83. The Kier molecular flexibility index (Phi) is 3.77. The molecule has 0 aliphatic carbocycles. The van der Waals surface area contributed by atoms with Crippen LogP contribution in [0.15, 0.2) is 6.07 Å². The van der Waals surface area contributed by atoms with Gasteiger partial charge in [0.15, 0.2) is 18.1 Å². The number of hydrogen-bond donors (Lipinski definition) is 3. The molecule has 1 aromatic carbocycles. The summed E-state index contributed by atoms with van der Waals surface area (Å²) in [4.78, 5) is 26.6. The molecule has 1 unspecified atom stereocenters. The van der Waals surface area contributed by atoms with Crippen molar-refractivity contribution < 1.29 is 19.4 Å². The zero-order valence-electron chi connectivity index (χ0n) is 13.0. The minimum absolute atomic E-state index is 0.00128. The summed E-state index contributed by atoms with van der Waals surface area (Å²) >= 11 is 6.00. The van der Waals surface area contributed by atoms with E-state index in [1.165, 1.54) is 6.07 Å². The second-order valence-electron chi connectivity index (χ2n) is 6.51. The van der Waals surface area contributed by atoms with Gasteiger partial charge in [0.2, 0.25) is 0 Å². The second kappa shape index (κ2) is 5.82. The third kappa shape index (κ3) is 2.57. The first-order valence-corrected chi connectivity index (χ1v) is 8.42. The van der Waals surface area contributed by atoms with E-state index in [-0.39, 0.29) is 46.3 Å². The fraction of sp³-hybridized carbons (Fsp3) is 0.500. The fourth-order valence-corrected chi connectivity index (χ4v) is 3.95. The normalized spacial score (nSPS) is 27.9. The molecule has 3 saturated heterocycles. The molecule has 0 radical (unpaired) electrons. The van der Waals surface area contributed by atoms with Crippen LogP contribution in [0.1, 0.15) is 23.2 Å². The quantitative estimate of drug-likeness (QED) is 0.696. The molecule has 0 spiro atoms. The van der Waals surface area contributed by atoms with Crippen LogP contribution in [-0.2, 0) is 4.79 Å². The standard InChI is InChI=1S/C16H18ClN3O4/c17-10-5-9(15-13(14(10)22)19-12(21)7-24-15)16(23)18-11-6-20-3-1-8(11)2-4-20/h5,8,11,22H,1-4,6-7H2,(H,18,23)(H,19,21). The molecule has 4 heterocycles. The van der Waals surface area contributed by atoms with Crippen molar-refractivity contribution in [2.45, 2.75) is 18.9 Å². The van der Waals surface area contributed by atoms with Crippen molar-refractivity contribution in [2.75, 3.05) is 31.6 Å². The van der Waals surface area contributed by atoms with Gasteiger partial charge in [0.05, 0.1) is 10.6 Å². The SMILES string of the molecule is O=C1COc2c(C(=O)NC3CN4CCC3CC4)cc(Cl)c(O)c2N1. The largest absolute Gasteiger partial charge is 0.504 e. The van der Waals surface area contributed by atoms with Gasteiger partial charge in [-0.1, -0.05) is 11.6 Å². The zero-order chi connectivity index (χ0) is 16.8. The summed E-state index contributed by atoms with van der Waals surface area (Å²) < 4.78 is 5.37. The summed E-state index contributed by atoms with van der Waals surface area (Å²) in [6, 6.07) is 1.48. The molecular weight excluding hydrogens is 334 g/mol. The van der Waals surface area contributed by atoms with E-state index in [4.69, 9.17) is 16.3 Å². The number of nitrogens with one attached hydrogen (secondary N) is 2. The maximum atomic E-state index is 12.7. The van der Waals surface area contributed by atoms with Crippen molar-refractivity contribution in [2.24, 2.45) is 5.92 Å². The Morgan fingerprint density at radius 1 is 1.42 bits per heavy atom. The van der Waals surface area contributed by atoms with Gasteiger partial charge in [0.1, 0.15) is 5.69 Å². The molecule has 1 aromatic rings. The number of fused-ring (bicyclic) bond motifs is 4. The number of phenols is 1. The van der Waals surface area contributed by atoms with E-state index in [9.17, 15) is 14.7 Å². The van der Waals surface area contributed by atoms with Crippen LogP contribution in [0.5, 0.6) is 11.5 Å². The number of carbonyl (C=O) groups excluding carboxylic acids is 2. The molecule has 1 atom stereocenters. The number of carbonyl (C=O) groups is 2. The highest BCUT2D eigenvalue weighted by Gasteiger charge is 2.36. The lowest BCUT2D eigenvalue weighted by Crippen LogP contribution is -2.57. The molecule has 0 saturated carbocycles. The van der Waals surface area contributed by atoms with E-state index in [1.54, 1.807) is 0 Å². The predicted molar refractivity (Wildman–Crippen MR) is 87.7 cm³/mol. The molecular formula is C16H18ClN3O4. The van der Waals surface area contributed by atoms with Crippen molar-refractivity contribution in [3.63, 3.8) is 0 Å². The lowest BCUT2D eigenvalue weighted by Gasteiger charge is -2.45. The number of nitrogens with zero attached hydrogens (tertiary/aromatic N) is 1. The number of benzene rings is 1. The first-order valence-electron chi connectivity index (χ1n) is 8.04. The monoisotopic (exact) mass is 351 g/mol. The third-order valence-corrected chi connectivity index (χ3v) is 5.32. The molecule has 24 heavy (non-hydrogen) atoms. The van der Waals surface area contributed by atoms with Gasteiger partial charge in [-0.15, -0.1) is 0 Å². The summed E-state index contributed by atoms with van der Waals surface area (Å²) in [5.74, 6) is -0.343.